The lowest BCUT2D eigenvalue weighted by atomic mass is 9.99. The Kier molecular flexibility index (Phi) is 6.56. The van der Waals surface area contributed by atoms with Gasteiger partial charge in [0, 0.05) is 19.1 Å². The molecule has 0 spiro atoms. The van der Waals surface area contributed by atoms with Gasteiger partial charge < -0.3 is 15.3 Å². The normalized spacial score (nSPS) is 22.4. The summed E-state index contributed by atoms with van der Waals surface area (Å²) in [6.45, 7) is 6.39. The van der Waals surface area contributed by atoms with Crippen LogP contribution in [0.2, 0.25) is 0 Å². The highest BCUT2D eigenvalue weighted by atomic mass is 19.4. The minimum atomic E-state index is -4.15. The van der Waals surface area contributed by atoms with Crippen LogP contribution in [0.25, 0.3) is 0 Å². The molecule has 0 amide bonds. The molecule has 0 saturated carbocycles. The van der Waals surface area contributed by atoms with E-state index in [2.05, 4.69) is 17.1 Å². The van der Waals surface area contributed by atoms with Crippen LogP contribution in [0.15, 0.2) is 0 Å². The highest BCUT2D eigenvalue weighted by Crippen LogP contribution is 2.21. The van der Waals surface area contributed by atoms with Gasteiger partial charge in [-0.3, -0.25) is 0 Å². The molecule has 1 saturated heterocycles. The van der Waals surface area contributed by atoms with Crippen molar-refractivity contribution < 1.29 is 18.3 Å². The molecule has 0 bridgehead atoms. The number of aliphatic hydroxyl groups is 1. The standard InChI is InChI=1S/C13H25F3N2O/c1-10-3-5-18(6-4-10)9-12(19)8-17-11(2)7-13(14,15)16/h10-12,17,19H,3-9H2,1-2H3. The minimum Gasteiger partial charge on any atom is -0.390 e. The van der Waals surface area contributed by atoms with Gasteiger partial charge in [0.15, 0.2) is 0 Å². The molecule has 3 nitrogen and oxygen atoms in total. The average Bonchev–Trinajstić information content (AvgIpc) is 2.27. The Morgan fingerprint density at radius 2 is 1.89 bits per heavy atom. The number of rotatable bonds is 6. The minimum absolute atomic E-state index is 0.212. The molecule has 2 atom stereocenters. The van der Waals surface area contributed by atoms with E-state index in [0.717, 1.165) is 31.8 Å². The molecule has 1 rings (SSSR count). The molecule has 114 valence electrons. The van der Waals surface area contributed by atoms with Crippen molar-refractivity contribution in [3.8, 4) is 0 Å². The predicted octanol–water partition coefficient (Wildman–Crippen LogP) is 2.01. The van der Waals surface area contributed by atoms with Crippen molar-refractivity contribution in [2.75, 3.05) is 26.2 Å². The number of hydrogen-bond donors (Lipinski definition) is 2. The van der Waals surface area contributed by atoms with E-state index in [9.17, 15) is 18.3 Å². The Morgan fingerprint density at radius 3 is 2.42 bits per heavy atom. The van der Waals surface area contributed by atoms with Crippen LogP contribution in [0.4, 0.5) is 13.2 Å². The lowest BCUT2D eigenvalue weighted by molar-refractivity contribution is -0.139. The van der Waals surface area contributed by atoms with Crippen LogP contribution in [0.5, 0.6) is 0 Å². The van der Waals surface area contributed by atoms with E-state index >= 15 is 0 Å². The molecule has 1 aliphatic heterocycles. The molecule has 6 heteroatoms. The van der Waals surface area contributed by atoms with Crippen LogP contribution in [0.3, 0.4) is 0 Å². The van der Waals surface area contributed by atoms with Crippen LogP contribution >= 0.6 is 0 Å². The van der Waals surface area contributed by atoms with Gasteiger partial charge in [-0.15, -0.1) is 0 Å². The molecule has 1 aliphatic rings. The first-order valence-corrected chi connectivity index (χ1v) is 6.97. The van der Waals surface area contributed by atoms with Crippen molar-refractivity contribution in [1.82, 2.24) is 10.2 Å². The number of nitrogens with one attached hydrogen (secondary N) is 1. The zero-order valence-corrected chi connectivity index (χ0v) is 11.7. The second kappa shape index (κ2) is 7.45. The summed E-state index contributed by atoms with van der Waals surface area (Å²) >= 11 is 0. The highest BCUT2D eigenvalue weighted by molar-refractivity contribution is 4.75. The lowest BCUT2D eigenvalue weighted by Gasteiger charge is -2.32. The second-order valence-corrected chi connectivity index (χ2v) is 5.77. The summed E-state index contributed by atoms with van der Waals surface area (Å²) in [5.41, 5.74) is 0. The molecule has 0 radical (unpaired) electrons. The van der Waals surface area contributed by atoms with E-state index in [4.69, 9.17) is 0 Å². The quantitative estimate of drug-likeness (QED) is 0.782. The first-order chi connectivity index (χ1) is 8.76. The zero-order chi connectivity index (χ0) is 14.5. The predicted molar refractivity (Wildman–Crippen MR) is 69.0 cm³/mol. The van der Waals surface area contributed by atoms with E-state index in [1.807, 2.05) is 0 Å². The second-order valence-electron chi connectivity index (χ2n) is 5.77. The summed E-state index contributed by atoms with van der Waals surface area (Å²) < 4.78 is 36.4. The molecule has 0 aromatic rings. The summed E-state index contributed by atoms with van der Waals surface area (Å²) in [4.78, 5) is 2.18. The number of halogens is 3. The third kappa shape index (κ3) is 7.74. The zero-order valence-electron chi connectivity index (χ0n) is 11.7. The average molecular weight is 282 g/mol. The SMILES string of the molecule is CC1CCN(CC(O)CNC(C)CC(F)(F)F)CC1. The summed E-state index contributed by atoms with van der Waals surface area (Å²) in [6.07, 6.45) is -3.36. The Morgan fingerprint density at radius 1 is 1.32 bits per heavy atom. The maximum Gasteiger partial charge on any atom is 0.390 e. The van der Waals surface area contributed by atoms with Crippen molar-refractivity contribution in [1.29, 1.82) is 0 Å². The van der Waals surface area contributed by atoms with Gasteiger partial charge in [0.1, 0.15) is 0 Å². The van der Waals surface area contributed by atoms with Crippen molar-refractivity contribution in [2.45, 2.75) is 51.4 Å². The van der Waals surface area contributed by atoms with Crippen LogP contribution in [-0.2, 0) is 0 Å². The van der Waals surface area contributed by atoms with Gasteiger partial charge in [-0.05, 0) is 38.8 Å². The van der Waals surface area contributed by atoms with Crippen molar-refractivity contribution in [2.24, 2.45) is 5.92 Å². The van der Waals surface area contributed by atoms with Crippen LogP contribution < -0.4 is 5.32 Å². The topological polar surface area (TPSA) is 35.5 Å². The van der Waals surface area contributed by atoms with Crippen LogP contribution in [0, 0.1) is 5.92 Å². The van der Waals surface area contributed by atoms with E-state index in [-0.39, 0.29) is 6.54 Å². The van der Waals surface area contributed by atoms with Gasteiger partial charge in [0.05, 0.1) is 12.5 Å². The molecule has 19 heavy (non-hydrogen) atoms. The number of piperidine rings is 1. The summed E-state index contributed by atoms with van der Waals surface area (Å²) in [7, 11) is 0. The summed E-state index contributed by atoms with van der Waals surface area (Å²) in [6, 6.07) is -0.656. The Labute approximate surface area is 113 Å². The number of nitrogens with zero attached hydrogens (tertiary/aromatic N) is 1. The number of alkyl halides is 3. The third-order valence-corrected chi connectivity index (χ3v) is 3.58. The molecule has 0 aliphatic carbocycles. The number of likely N-dealkylation sites (tertiary alicyclic amines) is 1. The van der Waals surface area contributed by atoms with Crippen molar-refractivity contribution in [3.63, 3.8) is 0 Å². The monoisotopic (exact) mass is 282 g/mol. The van der Waals surface area contributed by atoms with E-state index in [1.54, 1.807) is 0 Å². The van der Waals surface area contributed by atoms with Gasteiger partial charge in [-0.2, -0.15) is 13.2 Å². The largest absolute Gasteiger partial charge is 0.390 e. The lowest BCUT2D eigenvalue weighted by Crippen LogP contribution is -2.44. The summed E-state index contributed by atoms with van der Waals surface area (Å²) in [5.74, 6) is 0.735. The fourth-order valence-electron chi connectivity index (χ4n) is 2.36. The number of aliphatic hydroxyl groups excluding tert-OH is 1. The molecule has 0 aromatic carbocycles. The smallest absolute Gasteiger partial charge is 0.390 e. The Bertz CT molecular complexity index is 253. The number of hydrogen-bond acceptors (Lipinski definition) is 3. The Hall–Kier alpha value is -0.330. The molecular weight excluding hydrogens is 257 g/mol. The molecule has 0 aromatic heterocycles. The molecular formula is C13H25F3N2O. The van der Waals surface area contributed by atoms with E-state index in [1.165, 1.54) is 6.92 Å². The van der Waals surface area contributed by atoms with Gasteiger partial charge in [0.2, 0.25) is 0 Å². The van der Waals surface area contributed by atoms with E-state index in [0.29, 0.717) is 6.54 Å². The van der Waals surface area contributed by atoms with Gasteiger partial charge >= 0.3 is 6.18 Å². The fourth-order valence-corrected chi connectivity index (χ4v) is 2.36. The first kappa shape index (κ1) is 16.7. The third-order valence-electron chi connectivity index (χ3n) is 3.58. The van der Waals surface area contributed by atoms with Crippen molar-refractivity contribution >= 4 is 0 Å². The van der Waals surface area contributed by atoms with Crippen molar-refractivity contribution in [3.05, 3.63) is 0 Å². The van der Waals surface area contributed by atoms with E-state index < -0.39 is 24.7 Å². The van der Waals surface area contributed by atoms with Gasteiger partial charge in [0.25, 0.3) is 0 Å². The maximum absolute atomic E-state index is 12.1. The van der Waals surface area contributed by atoms with Gasteiger partial charge in [-0.25, -0.2) is 0 Å². The number of β-amino-alcohol motifs (C(OH)–C–C–N with tert-alkyl or cyclic N) is 1. The molecule has 2 unspecified atom stereocenters. The Balaban J connectivity index is 2.15. The molecule has 2 N–H and O–H groups in total. The first-order valence-electron chi connectivity index (χ1n) is 6.97. The fraction of sp³-hybridized carbons (Fsp3) is 1.00. The van der Waals surface area contributed by atoms with Crippen LogP contribution in [0.1, 0.15) is 33.1 Å². The summed E-state index contributed by atoms with van der Waals surface area (Å²) in [5, 5.41) is 12.6. The highest BCUT2D eigenvalue weighted by Gasteiger charge is 2.30. The maximum atomic E-state index is 12.1. The van der Waals surface area contributed by atoms with Gasteiger partial charge in [-0.1, -0.05) is 6.92 Å². The molecule has 1 heterocycles. The van der Waals surface area contributed by atoms with Crippen LogP contribution in [-0.4, -0.2) is 54.5 Å². The molecule has 1 fully saturated rings.